The molecule has 2 aromatic rings. The third kappa shape index (κ3) is 4.39. The van der Waals surface area contributed by atoms with Crippen molar-refractivity contribution in [2.75, 3.05) is 32.7 Å². The van der Waals surface area contributed by atoms with E-state index in [0.29, 0.717) is 62.4 Å². The smallest absolute Gasteiger partial charge is 0.317 e. The van der Waals surface area contributed by atoms with Crippen LogP contribution in [0.5, 0.6) is 0 Å². The summed E-state index contributed by atoms with van der Waals surface area (Å²) in [5, 5.41) is 11.9. The number of likely N-dealkylation sites (tertiary alicyclic amines) is 2. The van der Waals surface area contributed by atoms with E-state index in [4.69, 9.17) is 16.0 Å². The average molecular weight is 446 g/mol. The number of aromatic nitrogens is 2. The number of nitrogens with one attached hydrogen (secondary N) is 1. The number of urea groups is 1. The minimum atomic E-state index is -0.419. The van der Waals surface area contributed by atoms with Crippen molar-refractivity contribution in [3.8, 4) is 0 Å². The first-order valence-corrected chi connectivity index (χ1v) is 11.1. The first kappa shape index (κ1) is 21.6. The largest absolute Gasteiger partial charge is 0.425 e. The Hall–Kier alpha value is -2.61. The summed E-state index contributed by atoms with van der Waals surface area (Å²) >= 11 is 6.07. The molecular formula is C22H28ClN5O3. The lowest BCUT2D eigenvalue weighted by Crippen LogP contribution is -2.51. The van der Waals surface area contributed by atoms with Crippen LogP contribution in [0.15, 0.2) is 28.7 Å². The van der Waals surface area contributed by atoms with Gasteiger partial charge in [0, 0.05) is 50.6 Å². The molecule has 8 nitrogen and oxygen atoms in total. The third-order valence-electron chi connectivity index (χ3n) is 6.33. The van der Waals surface area contributed by atoms with Crippen LogP contribution in [-0.2, 0) is 16.6 Å². The average Bonchev–Trinajstić information content (AvgIpc) is 3.36. The zero-order valence-corrected chi connectivity index (χ0v) is 18.7. The summed E-state index contributed by atoms with van der Waals surface area (Å²) in [5.74, 6) is 1.18. The molecule has 2 fully saturated rings. The van der Waals surface area contributed by atoms with Crippen LogP contribution in [0.1, 0.15) is 37.1 Å². The predicted molar refractivity (Wildman–Crippen MR) is 116 cm³/mol. The summed E-state index contributed by atoms with van der Waals surface area (Å²) < 4.78 is 5.84. The standard InChI is InChI=1S/C22H28ClN5O3/c1-3-8-24-21(30)28-13-17-12-27(19(29)11-16-5-4-6-18(23)10-16)9-7-22(17,14-28)20-26-25-15(2)31-20/h4-6,10,17H,3,7-9,11-14H2,1-2H3,(H,24,30)/t17-,22-/m0/s1. The van der Waals surface area contributed by atoms with Gasteiger partial charge in [-0.25, -0.2) is 4.79 Å². The van der Waals surface area contributed by atoms with E-state index in [1.165, 1.54) is 0 Å². The lowest BCUT2D eigenvalue weighted by atomic mass is 9.72. The SMILES string of the molecule is CCCNC(=O)N1C[C@@H]2CN(C(=O)Cc3cccc(Cl)c3)CC[C@]2(c2nnc(C)o2)C1. The quantitative estimate of drug-likeness (QED) is 0.764. The number of piperidine rings is 1. The summed E-state index contributed by atoms with van der Waals surface area (Å²) in [6, 6.07) is 7.31. The van der Waals surface area contributed by atoms with Gasteiger partial charge in [-0.05, 0) is 30.5 Å². The highest BCUT2D eigenvalue weighted by Crippen LogP contribution is 2.44. The van der Waals surface area contributed by atoms with E-state index in [0.717, 1.165) is 12.0 Å². The van der Waals surface area contributed by atoms with Gasteiger partial charge in [0.05, 0.1) is 11.8 Å². The maximum atomic E-state index is 13.0. The highest BCUT2D eigenvalue weighted by atomic mass is 35.5. The molecule has 2 atom stereocenters. The van der Waals surface area contributed by atoms with Crippen LogP contribution in [0.4, 0.5) is 4.79 Å². The number of amides is 3. The van der Waals surface area contributed by atoms with Gasteiger partial charge in [0.2, 0.25) is 17.7 Å². The van der Waals surface area contributed by atoms with E-state index in [-0.39, 0.29) is 17.9 Å². The van der Waals surface area contributed by atoms with Crippen molar-refractivity contribution in [2.45, 2.75) is 38.5 Å². The Morgan fingerprint density at radius 3 is 2.81 bits per heavy atom. The highest BCUT2D eigenvalue weighted by molar-refractivity contribution is 6.30. The number of hydrogen-bond acceptors (Lipinski definition) is 5. The normalized spacial score (nSPS) is 23.0. The summed E-state index contributed by atoms with van der Waals surface area (Å²) in [6.07, 6.45) is 1.86. The monoisotopic (exact) mass is 445 g/mol. The number of halogens is 1. The number of carbonyl (C=O) groups excluding carboxylic acids is 2. The zero-order valence-electron chi connectivity index (χ0n) is 17.9. The number of rotatable bonds is 5. The van der Waals surface area contributed by atoms with Crippen LogP contribution in [0.25, 0.3) is 0 Å². The van der Waals surface area contributed by atoms with Crippen molar-refractivity contribution in [1.82, 2.24) is 25.3 Å². The maximum absolute atomic E-state index is 13.0. The topological polar surface area (TPSA) is 91.6 Å². The van der Waals surface area contributed by atoms with Gasteiger partial charge in [0.1, 0.15) is 0 Å². The minimum absolute atomic E-state index is 0.0387. The number of benzene rings is 1. The molecule has 2 aliphatic heterocycles. The minimum Gasteiger partial charge on any atom is -0.425 e. The molecule has 1 N–H and O–H groups in total. The molecule has 3 amide bonds. The molecule has 3 heterocycles. The van der Waals surface area contributed by atoms with Gasteiger partial charge in [-0.15, -0.1) is 10.2 Å². The van der Waals surface area contributed by atoms with Crippen molar-refractivity contribution in [1.29, 1.82) is 0 Å². The highest BCUT2D eigenvalue weighted by Gasteiger charge is 2.55. The van der Waals surface area contributed by atoms with Crippen molar-refractivity contribution in [3.05, 3.63) is 46.6 Å². The molecule has 2 aliphatic rings. The first-order valence-electron chi connectivity index (χ1n) is 10.8. The first-order chi connectivity index (χ1) is 14.9. The molecule has 0 unspecified atom stereocenters. The molecule has 0 aliphatic carbocycles. The zero-order chi connectivity index (χ0) is 22.0. The molecule has 31 heavy (non-hydrogen) atoms. The molecule has 0 bridgehead atoms. The Balaban J connectivity index is 1.52. The Morgan fingerprint density at radius 1 is 1.29 bits per heavy atom. The lowest BCUT2D eigenvalue weighted by molar-refractivity contribution is -0.133. The molecule has 9 heteroatoms. The fraction of sp³-hybridized carbons (Fsp3) is 0.545. The molecule has 0 radical (unpaired) electrons. The second kappa shape index (κ2) is 8.86. The third-order valence-corrected chi connectivity index (χ3v) is 6.56. The van der Waals surface area contributed by atoms with Crippen LogP contribution in [-0.4, -0.2) is 64.7 Å². The van der Waals surface area contributed by atoms with E-state index in [1.807, 2.05) is 34.9 Å². The summed E-state index contributed by atoms with van der Waals surface area (Å²) in [4.78, 5) is 29.4. The summed E-state index contributed by atoms with van der Waals surface area (Å²) in [7, 11) is 0. The number of hydrogen-bond donors (Lipinski definition) is 1. The van der Waals surface area contributed by atoms with E-state index in [9.17, 15) is 9.59 Å². The molecule has 1 aromatic heterocycles. The summed E-state index contributed by atoms with van der Waals surface area (Å²) in [6.45, 7) is 6.64. The Morgan fingerprint density at radius 2 is 2.10 bits per heavy atom. The fourth-order valence-corrected chi connectivity index (χ4v) is 4.90. The van der Waals surface area contributed by atoms with Gasteiger partial charge < -0.3 is 19.5 Å². The van der Waals surface area contributed by atoms with Gasteiger partial charge in [0.25, 0.3) is 0 Å². The van der Waals surface area contributed by atoms with Crippen LogP contribution in [0, 0.1) is 12.8 Å². The Kier molecular flexibility index (Phi) is 6.18. The molecule has 166 valence electrons. The van der Waals surface area contributed by atoms with Crippen molar-refractivity contribution in [3.63, 3.8) is 0 Å². The van der Waals surface area contributed by atoms with Gasteiger partial charge in [-0.1, -0.05) is 30.7 Å². The van der Waals surface area contributed by atoms with Crippen LogP contribution < -0.4 is 5.32 Å². The van der Waals surface area contributed by atoms with E-state index >= 15 is 0 Å². The Bertz CT molecular complexity index is 964. The van der Waals surface area contributed by atoms with Gasteiger partial charge in [0.15, 0.2) is 0 Å². The molecule has 1 aromatic carbocycles. The van der Waals surface area contributed by atoms with Gasteiger partial charge >= 0.3 is 6.03 Å². The van der Waals surface area contributed by atoms with Crippen LogP contribution >= 0.6 is 11.6 Å². The maximum Gasteiger partial charge on any atom is 0.317 e. The molecule has 4 rings (SSSR count). The second-order valence-electron chi connectivity index (χ2n) is 8.49. The Labute approximate surface area is 186 Å². The molecule has 2 saturated heterocycles. The predicted octanol–water partition coefficient (Wildman–Crippen LogP) is 2.80. The van der Waals surface area contributed by atoms with Gasteiger partial charge in [-0.2, -0.15) is 0 Å². The van der Waals surface area contributed by atoms with E-state index < -0.39 is 5.41 Å². The van der Waals surface area contributed by atoms with E-state index in [1.54, 1.807) is 13.0 Å². The molecule has 0 saturated carbocycles. The lowest BCUT2D eigenvalue weighted by Gasteiger charge is -2.41. The van der Waals surface area contributed by atoms with Crippen LogP contribution in [0.3, 0.4) is 0 Å². The van der Waals surface area contributed by atoms with Crippen molar-refractivity contribution >= 4 is 23.5 Å². The molecule has 0 spiro atoms. The second-order valence-corrected chi connectivity index (χ2v) is 8.92. The number of aryl methyl sites for hydroxylation is 1. The fourth-order valence-electron chi connectivity index (χ4n) is 4.69. The van der Waals surface area contributed by atoms with Crippen molar-refractivity contribution < 1.29 is 14.0 Å². The molecular weight excluding hydrogens is 418 g/mol. The summed E-state index contributed by atoms with van der Waals surface area (Å²) in [5.41, 5.74) is 0.478. The van der Waals surface area contributed by atoms with Crippen LogP contribution in [0.2, 0.25) is 5.02 Å². The number of nitrogens with zero attached hydrogens (tertiary/aromatic N) is 4. The number of carbonyl (C=O) groups is 2. The number of fused-ring (bicyclic) bond motifs is 1. The van der Waals surface area contributed by atoms with Crippen molar-refractivity contribution in [2.24, 2.45) is 5.92 Å². The van der Waals surface area contributed by atoms with Gasteiger partial charge in [-0.3, -0.25) is 4.79 Å². The van der Waals surface area contributed by atoms with E-state index in [2.05, 4.69) is 15.5 Å².